The lowest BCUT2D eigenvalue weighted by atomic mass is 10.0. The predicted molar refractivity (Wildman–Crippen MR) is 49.9 cm³/mol. The molecule has 0 saturated heterocycles. The quantitative estimate of drug-likeness (QED) is 0.655. The summed E-state index contributed by atoms with van der Waals surface area (Å²) < 4.78 is 4.90. The molecule has 1 atom stereocenters. The predicted octanol–water partition coefficient (Wildman–Crippen LogP) is -1.18. The summed E-state index contributed by atoms with van der Waals surface area (Å²) in [5, 5.41) is 19.7. The number of benzene rings is 1. The molecule has 0 heterocycles. The Morgan fingerprint density at radius 1 is 1.67 bits per heavy atom. The molecule has 4 N–H and O–H groups in total. The number of hydrogen-bond donors (Lipinski definition) is 2. The van der Waals surface area contributed by atoms with Gasteiger partial charge in [-0.1, -0.05) is 0 Å². The van der Waals surface area contributed by atoms with Crippen molar-refractivity contribution in [2.24, 2.45) is 0 Å². The van der Waals surface area contributed by atoms with E-state index in [0.29, 0.717) is 11.3 Å². The van der Waals surface area contributed by atoms with E-state index in [0.717, 1.165) is 0 Å². The van der Waals surface area contributed by atoms with Gasteiger partial charge >= 0.3 is 0 Å². The van der Waals surface area contributed by atoms with Gasteiger partial charge in [0.05, 0.1) is 7.11 Å². The van der Waals surface area contributed by atoms with Crippen molar-refractivity contribution in [2.75, 3.05) is 7.11 Å². The topological polar surface area (TPSA) is 97.2 Å². The Morgan fingerprint density at radius 3 is 2.87 bits per heavy atom. The molecule has 1 rings (SSSR count). The first-order chi connectivity index (χ1) is 7.04. The van der Waals surface area contributed by atoms with Crippen LogP contribution >= 0.6 is 0 Å². The van der Waals surface area contributed by atoms with Crippen molar-refractivity contribution in [3.63, 3.8) is 0 Å². The zero-order chi connectivity index (χ0) is 11.4. The number of quaternary nitrogens is 1. The Bertz CT molecular complexity index is 364. The van der Waals surface area contributed by atoms with Crippen LogP contribution in [0.1, 0.15) is 18.0 Å². The number of aromatic hydroxyl groups is 1. The fraction of sp³-hybridized carbons (Fsp3) is 0.300. The van der Waals surface area contributed by atoms with E-state index in [2.05, 4.69) is 5.73 Å². The maximum Gasteiger partial charge on any atom is 0.160 e. The summed E-state index contributed by atoms with van der Waals surface area (Å²) in [5.41, 5.74) is 4.38. The van der Waals surface area contributed by atoms with Crippen molar-refractivity contribution in [1.29, 1.82) is 0 Å². The number of carbonyl (C=O) groups is 1. The molecule has 0 fully saturated rings. The van der Waals surface area contributed by atoms with Crippen LogP contribution in [0.2, 0.25) is 0 Å². The summed E-state index contributed by atoms with van der Waals surface area (Å²) in [4.78, 5) is 10.4. The first kappa shape index (κ1) is 11.3. The molecular formula is C10H13NO4. The van der Waals surface area contributed by atoms with Gasteiger partial charge in [0.25, 0.3) is 0 Å². The third kappa shape index (κ3) is 2.85. The van der Waals surface area contributed by atoms with E-state index in [1.807, 2.05) is 0 Å². The smallest absolute Gasteiger partial charge is 0.160 e. The summed E-state index contributed by atoms with van der Waals surface area (Å²) in [6.45, 7) is 0. The molecule has 82 valence electrons. The zero-order valence-electron chi connectivity index (χ0n) is 8.40. The molecule has 0 amide bonds. The second-order valence-electron chi connectivity index (χ2n) is 3.20. The fourth-order valence-electron chi connectivity index (χ4n) is 1.27. The molecule has 0 aliphatic carbocycles. The van der Waals surface area contributed by atoms with Crippen LogP contribution in [0.15, 0.2) is 18.2 Å². The van der Waals surface area contributed by atoms with E-state index in [1.165, 1.54) is 13.2 Å². The highest BCUT2D eigenvalue weighted by Crippen LogP contribution is 2.28. The molecule has 1 aromatic rings. The normalized spacial score (nSPS) is 12.1. The molecule has 0 aromatic heterocycles. The van der Waals surface area contributed by atoms with Crippen LogP contribution in [-0.2, 0) is 4.79 Å². The Balaban J connectivity index is 2.90. The lowest BCUT2D eigenvalue weighted by Crippen LogP contribution is -2.55. The van der Waals surface area contributed by atoms with Gasteiger partial charge in [0.1, 0.15) is 6.04 Å². The van der Waals surface area contributed by atoms with Crippen LogP contribution in [0.3, 0.4) is 0 Å². The minimum Gasteiger partial charge on any atom is -0.550 e. The third-order valence-electron chi connectivity index (χ3n) is 2.09. The highest BCUT2D eigenvalue weighted by molar-refractivity contribution is 5.65. The Labute approximate surface area is 87.1 Å². The van der Waals surface area contributed by atoms with Gasteiger partial charge < -0.3 is 25.5 Å². The molecule has 0 radical (unpaired) electrons. The van der Waals surface area contributed by atoms with Crippen molar-refractivity contribution < 1.29 is 25.5 Å². The van der Waals surface area contributed by atoms with Crippen molar-refractivity contribution in [2.45, 2.75) is 12.5 Å². The number of carbonyl (C=O) groups excluding carboxylic acids is 1. The number of rotatable bonds is 4. The van der Waals surface area contributed by atoms with Gasteiger partial charge in [-0.2, -0.15) is 0 Å². The molecule has 0 unspecified atom stereocenters. The molecule has 0 aliphatic rings. The molecule has 0 spiro atoms. The molecule has 0 aliphatic heterocycles. The SMILES string of the molecule is COc1cc([C@@H]([NH3+])CC(=O)[O-])ccc1O. The second-order valence-corrected chi connectivity index (χ2v) is 3.20. The molecule has 1 aromatic carbocycles. The van der Waals surface area contributed by atoms with Crippen LogP contribution in [0, 0.1) is 0 Å². The van der Waals surface area contributed by atoms with E-state index >= 15 is 0 Å². The van der Waals surface area contributed by atoms with Crippen molar-refractivity contribution in [1.82, 2.24) is 0 Å². The summed E-state index contributed by atoms with van der Waals surface area (Å²) in [7, 11) is 1.43. The van der Waals surface area contributed by atoms with Gasteiger partial charge in [-0.3, -0.25) is 0 Å². The van der Waals surface area contributed by atoms with Gasteiger partial charge in [-0.25, -0.2) is 0 Å². The summed E-state index contributed by atoms with van der Waals surface area (Å²) in [6, 6.07) is 4.21. The van der Waals surface area contributed by atoms with Gasteiger partial charge in [-0.05, 0) is 18.2 Å². The number of phenols is 1. The Morgan fingerprint density at radius 2 is 2.33 bits per heavy atom. The fourth-order valence-corrected chi connectivity index (χ4v) is 1.27. The molecule has 5 nitrogen and oxygen atoms in total. The monoisotopic (exact) mass is 211 g/mol. The summed E-state index contributed by atoms with van der Waals surface area (Å²) >= 11 is 0. The number of ether oxygens (including phenoxy) is 1. The molecule has 0 saturated carbocycles. The maximum atomic E-state index is 10.4. The van der Waals surface area contributed by atoms with Crippen LogP contribution in [0.5, 0.6) is 11.5 Å². The van der Waals surface area contributed by atoms with Crippen LogP contribution in [0.25, 0.3) is 0 Å². The number of carboxylic acids is 1. The van der Waals surface area contributed by atoms with Crippen molar-refractivity contribution in [3.8, 4) is 11.5 Å². The molecular weight excluding hydrogens is 198 g/mol. The lowest BCUT2D eigenvalue weighted by Gasteiger charge is -2.11. The minimum absolute atomic E-state index is 0.0156. The van der Waals surface area contributed by atoms with Crippen LogP contribution in [-0.4, -0.2) is 18.2 Å². The number of phenolic OH excluding ortho intramolecular Hbond substituents is 1. The number of methoxy groups -OCH3 is 1. The van der Waals surface area contributed by atoms with E-state index in [1.54, 1.807) is 12.1 Å². The molecule has 5 heteroatoms. The average molecular weight is 211 g/mol. The highest BCUT2D eigenvalue weighted by atomic mass is 16.5. The van der Waals surface area contributed by atoms with Crippen molar-refractivity contribution >= 4 is 5.97 Å². The van der Waals surface area contributed by atoms with Crippen LogP contribution < -0.4 is 15.6 Å². The zero-order valence-corrected chi connectivity index (χ0v) is 8.40. The molecule has 0 bridgehead atoms. The summed E-state index contributed by atoms with van der Waals surface area (Å²) in [5.74, 6) is -0.830. The number of aliphatic carboxylic acids is 1. The second kappa shape index (κ2) is 4.65. The summed E-state index contributed by atoms with van der Waals surface area (Å²) in [6.07, 6.45) is -0.159. The van der Waals surface area contributed by atoms with Gasteiger partial charge in [-0.15, -0.1) is 0 Å². The first-order valence-electron chi connectivity index (χ1n) is 4.44. The minimum atomic E-state index is -1.15. The Hall–Kier alpha value is -1.75. The number of carboxylic acid groups (broad SMARTS) is 1. The van der Waals surface area contributed by atoms with E-state index in [4.69, 9.17) is 4.74 Å². The van der Waals surface area contributed by atoms with E-state index < -0.39 is 12.0 Å². The van der Waals surface area contributed by atoms with Crippen LogP contribution in [0.4, 0.5) is 0 Å². The van der Waals surface area contributed by atoms with Gasteiger partial charge in [0.15, 0.2) is 11.5 Å². The average Bonchev–Trinajstić information content (AvgIpc) is 2.17. The maximum absolute atomic E-state index is 10.4. The third-order valence-corrected chi connectivity index (χ3v) is 2.09. The number of hydrogen-bond acceptors (Lipinski definition) is 4. The first-order valence-corrected chi connectivity index (χ1v) is 4.44. The largest absolute Gasteiger partial charge is 0.550 e. The highest BCUT2D eigenvalue weighted by Gasteiger charge is 2.12. The van der Waals surface area contributed by atoms with Crippen molar-refractivity contribution in [3.05, 3.63) is 23.8 Å². The van der Waals surface area contributed by atoms with Gasteiger partial charge in [0, 0.05) is 18.0 Å². The molecule has 15 heavy (non-hydrogen) atoms. The van der Waals surface area contributed by atoms with E-state index in [-0.39, 0.29) is 12.2 Å². The standard InChI is InChI=1S/C10H13NO4/c1-15-9-4-6(2-3-8(9)12)7(11)5-10(13)14/h2-4,7,12H,5,11H2,1H3,(H,13,14)/t7-/m0/s1. The Kier molecular flexibility index (Phi) is 3.51. The van der Waals surface area contributed by atoms with E-state index in [9.17, 15) is 15.0 Å². The lowest BCUT2D eigenvalue weighted by molar-refractivity contribution is -0.430. The van der Waals surface area contributed by atoms with Gasteiger partial charge in [0.2, 0.25) is 0 Å².